The lowest BCUT2D eigenvalue weighted by atomic mass is 10.1. The summed E-state index contributed by atoms with van der Waals surface area (Å²) < 4.78 is 13.3. The van der Waals surface area contributed by atoms with Crippen molar-refractivity contribution in [2.75, 3.05) is 36.4 Å². The fraction of sp³-hybridized carbons (Fsp3) is 0.323. The van der Waals surface area contributed by atoms with Crippen LogP contribution >= 0.6 is 11.6 Å². The number of nitrogens with zero attached hydrogens (tertiary/aromatic N) is 2. The summed E-state index contributed by atoms with van der Waals surface area (Å²) in [6, 6.07) is 17.9. The minimum Gasteiger partial charge on any atom is -0.369 e. The van der Waals surface area contributed by atoms with Crippen LogP contribution in [0, 0.1) is 11.7 Å². The summed E-state index contributed by atoms with van der Waals surface area (Å²) >= 11 is 6.20. The van der Waals surface area contributed by atoms with Gasteiger partial charge >= 0.3 is 0 Å². The number of amides is 3. The van der Waals surface area contributed by atoms with Crippen molar-refractivity contribution in [2.45, 2.75) is 33.2 Å². The van der Waals surface area contributed by atoms with Gasteiger partial charge in [0, 0.05) is 50.5 Å². The normalized spacial score (nSPS) is 13.6. The van der Waals surface area contributed by atoms with E-state index in [0.717, 1.165) is 12.0 Å². The number of hydrogen-bond donors (Lipinski definition) is 2. The van der Waals surface area contributed by atoms with Gasteiger partial charge < -0.3 is 20.4 Å². The number of hydrogen-bond acceptors (Lipinski definition) is 4. The average molecular weight is 565 g/mol. The minimum absolute atomic E-state index is 0.145. The summed E-state index contributed by atoms with van der Waals surface area (Å²) in [6.45, 7) is 6.76. The number of rotatable bonds is 8. The lowest BCUT2D eigenvalue weighted by Crippen LogP contribution is -2.36. The van der Waals surface area contributed by atoms with Crippen LogP contribution in [-0.4, -0.2) is 48.8 Å². The van der Waals surface area contributed by atoms with E-state index in [-0.39, 0.29) is 36.0 Å². The van der Waals surface area contributed by atoms with E-state index in [1.807, 2.05) is 24.8 Å². The Morgan fingerprint density at radius 3 is 2.38 bits per heavy atom. The summed E-state index contributed by atoms with van der Waals surface area (Å²) in [5.41, 5.74) is 2.64. The Hall–Kier alpha value is -3.91. The Bertz CT molecular complexity index is 1360. The molecule has 7 nitrogen and oxygen atoms in total. The highest BCUT2D eigenvalue weighted by molar-refractivity contribution is 6.34. The standard InChI is InChI=1S/C31H34ClFN4O3/c1-21(2)18-29(38)37-15-5-14-36(16-17-37)28-13-12-24(35-31(40)25-6-3-4-7-27(25)32)19-26(28)30(39)34-20-22-8-10-23(33)11-9-22/h3-4,6-13,19,21H,5,14-18,20H2,1-2H3,(H,34,39)(H,35,40). The molecule has 3 aromatic carbocycles. The third kappa shape index (κ3) is 7.60. The predicted octanol–water partition coefficient (Wildman–Crippen LogP) is 5.75. The third-order valence-electron chi connectivity index (χ3n) is 6.76. The molecule has 0 bridgehead atoms. The third-order valence-corrected chi connectivity index (χ3v) is 7.09. The summed E-state index contributed by atoms with van der Waals surface area (Å²) in [7, 11) is 0. The van der Waals surface area contributed by atoms with Crippen LogP contribution in [0.15, 0.2) is 66.7 Å². The zero-order chi connectivity index (χ0) is 28.6. The van der Waals surface area contributed by atoms with E-state index >= 15 is 0 Å². The number of nitrogens with one attached hydrogen (secondary N) is 2. The molecule has 0 radical (unpaired) electrons. The summed E-state index contributed by atoms with van der Waals surface area (Å²) in [5.74, 6) is -0.625. The molecule has 0 saturated carbocycles. The van der Waals surface area contributed by atoms with Crippen LogP contribution in [0.5, 0.6) is 0 Å². The molecule has 0 atom stereocenters. The molecule has 3 amide bonds. The van der Waals surface area contributed by atoms with Crippen LogP contribution < -0.4 is 15.5 Å². The van der Waals surface area contributed by atoms with Crippen molar-refractivity contribution in [1.82, 2.24) is 10.2 Å². The Kier molecular flexibility index (Phi) is 9.77. The van der Waals surface area contributed by atoms with Crippen LogP contribution in [0.1, 0.15) is 53.0 Å². The zero-order valence-corrected chi connectivity index (χ0v) is 23.5. The van der Waals surface area contributed by atoms with Gasteiger partial charge in [-0.05, 0) is 60.4 Å². The first kappa shape index (κ1) is 29.1. The maximum Gasteiger partial charge on any atom is 0.257 e. The van der Waals surface area contributed by atoms with Gasteiger partial charge in [-0.25, -0.2) is 4.39 Å². The summed E-state index contributed by atoms with van der Waals surface area (Å²) in [4.78, 5) is 43.0. The quantitative estimate of drug-likeness (QED) is 0.365. The molecule has 2 N–H and O–H groups in total. The SMILES string of the molecule is CC(C)CC(=O)N1CCCN(c2ccc(NC(=O)c3ccccc3Cl)cc2C(=O)NCc2ccc(F)cc2)CC1. The summed E-state index contributed by atoms with van der Waals surface area (Å²) in [5, 5.41) is 6.08. The monoisotopic (exact) mass is 564 g/mol. The van der Waals surface area contributed by atoms with Crippen molar-refractivity contribution in [3.8, 4) is 0 Å². The van der Waals surface area contributed by atoms with Gasteiger partial charge in [-0.15, -0.1) is 0 Å². The first-order valence-electron chi connectivity index (χ1n) is 13.5. The van der Waals surface area contributed by atoms with E-state index < -0.39 is 0 Å². The number of benzene rings is 3. The molecule has 0 unspecified atom stereocenters. The predicted molar refractivity (Wildman–Crippen MR) is 156 cm³/mol. The van der Waals surface area contributed by atoms with Gasteiger partial charge in [0.15, 0.2) is 0 Å². The maximum atomic E-state index is 13.5. The molecule has 1 heterocycles. The number of anilines is 2. The van der Waals surface area contributed by atoms with Crippen molar-refractivity contribution in [2.24, 2.45) is 5.92 Å². The second kappa shape index (κ2) is 13.4. The Balaban J connectivity index is 1.57. The molecule has 1 aliphatic heterocycles. The van der Waals surface area contributed by atoms with E-state index in [1.54, 1.807) is 48.5 Å². The molecular weight excluding hydrogens is 531 g/mol. The van der Waals surface area contributed by atoms with Crippen LogP contribution in [0.3, 0.4) is 0 Å². The first-order valence-corrected chi connectivity index (χ1v) is 13.8. The molecule has 1 aliphatic rings. The molecule has 0 spiro atoms. The van der Waals surface area contributed by atoms with Gasteiger partial charge in [-0.1, -0.05) is 49.7 Å². The molecule has 3 aromatic rings. The molecule has 0 aromatic heterocycles. The second-order valence-electron chi connectivity index (χ2n) is 10.3. The maximum absolute atomic E-state index is 13.5. The van der Waals surface area contributed by atoms with Crippen LogP contribution in [0.25, 0.3) is 0 Å². The van der Waals surface area contributed by atoms with Gasteiger partial charge in [0.2, 0.25) is 5.91 Å². The molecular formula is C31H34ClFN4O3. The smallest absolute Gasteiger partial charge is 0.257 e. The van der Waals surface area contributed by atoms with E-state index in [2.05, 4.69) is 15.5 Å². The lowest BCUT2D eigenvalue weighted by Gasteiger charge is -2.26. The van der Waals surface area contributed by atoms with Gasteiger partial charge in [0.1, 0.15) is 5.82 Å². The van der Waals surface area contributed by atoms with Gasteiger partial charge in [0.05, 0.1) is 16.1 Å². The molecule has 210 valence electrons. The van der Waals surface area contributed by atoms with Crippen molar-refractivity contribution < 1.29 is 18.8 Å². The Morgan fingerprint density at radius 2 is 1.65 bits per heavy atom. The highest BCUT2D eigenvalue weighted by atomic mass is 35.5. The molecule has 9 heteroatoms. The zero-order valence-electron chi connectivity index (χ0n) is 22.8. The fourth-order valence-electron chi connectivity index (χ4n) is 4.68. The summed E-state index contributed by atoms with van der Waals surface area (Å²) in [6.07, 6.45) is 1.28. The number of halogens is 2. The van der Waals surface area contributed by atoms with Crippen molar-refractivity contribution in [1.29, 1.82) is 0 Å². The molecule has 0 aliphatic carbocycles. The lowest BCUT2D eigenvalue weighted by molar-refractivity contribution is -0.131. The Morgan fingerprint density at radius 1 is 0.900 bits per heavy atom. The van der Waals surface area contributed by atoms with Crippen molar-refractivity contribution >= 4 is 40.7 Å². The van der Waals surface area contributed by atoms with Crippen LogP contribution in [0.4, 0.5) is 15.8 Å². The van der Waals surface area contributed by atoms with E-state index in [9.17, 15) is 18.8 Å². The second-order valence-corrected chi connectivity index (χ2v) is 10.7. The topological polar surface area (TPSA) is 81.8 Å². The average Bonchev–Trinajstić information content (AvgIpc) is 3.19. The van der Waals surface area contributed by atoms with E-state index in [0.29, 0.717) is 60.1 Å². The highest BCUT2D eigenvalue weighted by Gasteiger charge is 2.23. The van der Waals surface area contributed by atoms with Gasteiger partial charge in [0.25, 0.3) is 11.8 Å². The largest absolute Gasteiger partial charge is 0.369 e. The van der Waals surface area contributed by atoms with Crippen molar-refractivity contribution in [3.63, 3.8) is 0 Å². The fourth-order valence-corrected chi connectivity index (χ4v) is 4.90. The Labute approximate surface area is 239 Å². The van der Waals surface area contributed by atoms with E-state index in [4.69, 9.17) is 11.6 Å². The molecule has 1 fully saturated rings. The molecule has 4 rings (SSSR count). The number of carbonyl (C=O) groups is 3. The van der Waals surface area contributed by atoms with Crippen LogP contribution in [-0.2, 0) is 11.3 Å². The molecule has 40 heavy (non-hydrogen) atoms. The van der Waals surface area contributed by atoms with Crippen molar-refractivity contribution in [3.05, 3.63) is 94.3 Å². The van der Waals surface area contributed by atoms with Gasteiger partial charge in [-0.3, -0.25) is 14.4 Å². The first-order chi connectivity index (χ1) is 19.2. The molecule has 1 saturated heterocycles. The number of carbonyl (C=O) groups excluding carboxylic acids is 3. The van der Waals surface area contributed by atoms with E-state index in [1.165, 1.54) is 12.1 Å². The van der Waals surface area contributed by atoms with Gasteiger partial charge in [-0.2, -0.15) is 0 Å². The minimum atomic E-state index is -0.384. The highest BCUT2D eigenvalue weighted by Crippen LogP contribution is 2.27. The van der Waals surface area contributed by atoms with Crippen LogP contribution in [0.2, 0.25) is 5.02 Å².